The number of aliphatic hydroxyl groups is 1. The van der Waals surface area contributed by atoms with Crippen molar-refractivity contribution in [3.63, 3.8) is 0 Å². The second-order valence-corrected chi connectivity index (χ2v) is 2.23. The van der Waals surface area contributed by atoms with Crippen LogP contribution in [0.25, 0.3) is 0 Å². The topological polar surface area (TPSA) is 20.2 Å². The van der Waals surface area contributed by atoms with E-state index in [1.165, 1.54) is 0 Å². The fraction of sp³-hybridized carbons (Fsp3) is 0.750. The minimum absolute atomic E-state index is 0.250. The first kappa shape index (κ1) is 11.5. The van der Waals surface area contributed by atoms with E-state index in [-0.39, 0.29) is 6.61 Å². The minimum atomic E-state index is 0.250. The van der Waals surface area contributed by atoms with Gasteiger partial charge in [-0.2, -0.15) is 0 Å². The van der Waals surface area contributed by atoms with Crippen LogP contribution in [0.3, 0.4) is 0 Å². The summed E-state index contributed by atoms with van der Waals surface area (Å²) in [5, 5.41) is 7.57. The molecule has 0 spiro atoms. The lowest BCUT2D eigenvalue weighted by molar-refractivity contribution is 0.318. The van der Waals surface area contributed by atoms with E-state index in [0.29, 0.717) is 0 Å². The fourth-order valence-electron chi connectivity index (χ4n) is 0.333. The lowest BCUT2D eigenvalue weighted by Crippen LogP contribution is -1.78. The Labute approximate surface area is 58.4 Å². The zero-order chi connectivity index (χ0) is 7.70. The highest BCUT2D eigenvalue weighted by molar-refractivity contribution is 4.67. The van der Waals surface area contributed by atoms with Crippen LogP contribution in [-0.4, -0.2) is 11.7 Å². The van der Waals surface area contributed by atoms with Gasteiger partial charge in [0.05, 0.1) is 0 Å². The van der Waals surface area contributed by atoms with Crippen molar-refractivity contribution < 1.29 is 5.11 Å². The Morgan fingerprint density at radius 1 is 1.56 bits per heavy atom. The van der Waals surface area contributed by atoms with E-state index in [1.807, 2.05) is 6.08 Å². The molecular weight excluding hydrogens is 112 g/mol. The Kier molecular flexibility index (Phi) is 13.6. The van der Waals surface area contributed by atoms with Crippen molar-refractivity contribution in [2.24, 2.45) is 5.92 Å². The first-order chi connectivity index (χ1) is 4.18. The smallest absolute Gasteiger partial charge is 0.0402 e. The van der Waals surface area contributed by atoms with Crippen LogP contribution in [0.2, 0.25) is 0 Å². The summed E-state index contributed by atoms with van der Waals surface area (Å²) in [6.45, 7) is 9.90. The summed E-state index contributed by atoms with van der Waals surface area (Å²) in [6, 6.07) is 0. The monoisotopic (exact) mass is 130 g/mol. The highest BCUT2D eigenvalue weighted by Gasteiger charge is 1.82. The summed E-state index contributed by atoms with van der Waals surface area (Å²) in [5.74, 6) is 0.780. The van der Waals surface area contributed by atoms with Crippen molar-refractivity contribution in [2.45, 2.75) is 27.2 Å². The third kappa shape index (κ3) is 34.3. The van der Waals surface area contributed by atoms with Gasteiger partial charge in [-0.3, -0.25) is 0 Å². The number of hydrogen-bond donors (Lipinski definition) is 1. The summed E-state index contributed by atoms with van der Waals surface area (Å²) in [5.41, 5.74) is 0. The molecule has 0 aliphatic heterocycles. The Morgan fingerprint density at radius 2 is 1.89 bits per heavy atom. The van der Waals surface area contributed by atoms with Gasteiger partial charge in [0.25, 0.3) is 0 Å². The van der Waals surface area contributed by atoms with E-state index in [4.69, 9.17) is 5.11 Å². The molecular formula is C8H18O. The van der Waals surface area contributed by atoms with Gasteiger partial charge in [0, 0.05) is 6.61 Å². The van der Waals surface area contributed by atoms with E-state index in [2.05, 4.69) is 20.4 Å². The van der Waals surface area contributed by atoms with Gasteiger partial charge in [-0.25, -0.2) is 0 Å². The minimum Gasteiger partial charge on any atom is -0.397 e. The zero-order valence-electron chi connectivity index (χ0n) is 6.72. The van der Waals surface area contributed by atoms with Gasteiger partial charge in [0.2, 0.25) is 0 Å². The van der Waals surface area contributed by atoms with Crippen molar-refractivity contribution in [1.29, 1.82) is 0 Å². The van der Waals surface area contributed by atoms with Gasteiger partial charge in [0.1, 0.15) is 0 Å². The molecule has 0 aromatic carbocycles. The van der Waals surface area contributed by atoms with Gasteiger partial charge >= 0.3 is 0 Å². The molecule has 0 amide bonds. The molecule has 0 aromatic rings. The zero-order valence-corrected chi connectivity index (χ0v) is 6.72. The molecule has 0 saturated carbocycles. The Hall–Kier alpha value is -0.300. The second-order valence-electron chi connectivity index (χ2n) is 2.23. The maximum Gasteiger partial charge on any atom is 0.0402 e. The van der Waals surface area contributed by atoms with Gasteiger partial charge in [-0.15, -0.1) is 6.58 Å². The summed E-state index contributed by atoms with van der Waals surface area (Å²) >= 11 is 0. The van der Waals surface area contributed by atoms with Crippen LogP contribution in [0.15, 0.2) is 12.7 Å². The third-order valence-electron chi connectivity index (χ3n) is 0.638. The van der Waals surface area contributed by atoms with Crippen molar-refractivity contribution in [3.05, 3.63) is 12.7 Å². The molecule has 0 saturated heterocycles. The molecule has 1 heteroatoms. The van der Waals surface area contributed by atoms with Crippen LogP contribution >= 0.6 is 0 Å². The summed E-state index contributed by atoms with van der Waals surface area (Å²) in [4.78, 5) is 0. The number of hydrogen-bond acceptors (Lipinski definition) is 1. The highest BCUT2D eigenvalue weighted by Crippen LogP contribution is 1.96. The molecule has 0 rings (SSSR count). The Bertz CT molecular complexity index is 48.5. The molecule has 1 nitrogen and oxygen atoms in total. The molecule has 0 radical (unpaired) electrons. The first-order valence-electron chi connectivity index (χ1n) is 3.40. The van der Waals surface area contributed by atoms with Crippen molar-refractivity contribution >= 4 is 0 Å². The lowest BCUT2D eigenvalue weighted by Gasteiger charge is -1.92. The maximum absolute atomic E-state index is 7.57. The largest absolute Gasteiger partial charge is 0.397 e. The van der Waals surface area contributed by atoms with E-state index >= 15 is 0 Å². The molecule has 0 heterocycles. The molecule has 0 aliphatic rings. The standard InChI is InChI=1S/C6H12.C2H6O/c1-4-5-6(2)3;1-2-3/h4,6H,1,5H2,2-3H3;3H,2H2,1H3. The van der Waals surface area contributed by atoms with Crippen LogP contribution in [0, 0.1) is 5.92 Å². The summed E-state index contributed by atoms with van der Waals surface area (Å²) in [6.07, 6.45) is 3.09. The normalized spacial score (nSPS) is 8.11. The molecule has 0 aromatic heterocycles. The SMILES string of the molecule is C=CCC(C)C.CCO. The summed E-state index contributed by atoms with van der Waals surface area (Å²) < 4.78 is 0. The number of aliphatic hydroxyl groups excluding tert-OH is 1. The molecule has 0 atom stereocenters. The van der Waals surface area contributed by atoms with Gasteiger partial charge in [0.15, 0.2) is 0 Å². The summed E-state index contributed by atoms with van der Waals surface area (Å²) in [7, 11) is 0. The van der Waals surface area contributed by atoms with Crippen LogP contribution in [-0.2, 0) is 0 Å². The quantitative estimate of drug-likeness (QED) is 0.568. The Morgan fingerprint density at radius 3 is 1.89 bits per heavy atom. The van der Waals surface area contributed by atoms with E-state index in [9.17, 15) is 0 Å². The van der Waals surface area contributed by atoms with Gasteiger partial charge in [-0.1, -0.05) is 19.9 Å². The van der Waals surface area contributed by atoms with Crippen LogP contribution in [0.1, 0.15) is 27.2 Å². The predicted molar refractivity (Wildman–Crippen MR) is 42.4 cm³/mol. The Balaban J connectivity index is 0. The average Bonchev–Trinajstić information content (AvgIpc) is 1.67. The molecule has 0 bridgehead atoms. The molecule has 9 heavy (non-hydrogen) atoms. The molecule has 1 N–H and O–H groups in total. The van der Waals surface area contributed by atoms with Crippen molar-refractivity contribution in [1.82, 2.24) is 0 Å². The first-order valence-corrected chi connectivity index (χ1v) is 3.40. The average molecular weight is 130 g/mol. The van der Waals surface area contributed by atoms with E-state index < -0.39 is 0 Å². The van der Waals surface area contributed by atoms with E-state index in [0.717, 1.165) is 12.3 Å². The van der Waals surface area contributed by atoms with Gasteiger partial charge in [-0.05, 0) is 19.3 Å². The van der Waals surface area contributed by atoms with Crippen LogP contribution < -0.4 is 0 Å². The maximum atomic E-state index is 7.57. The van der Waals surface area contributed by atoms with Crippen LogP contribution in [0.5, 0.6) is 0 Å². The second kappa shape index (κ2) is 10.6. The number of rotatable bonds is 2. The van der Waals surface area contributed by atoms with E-state index in [1.54, 1.807) is 6.92 Å². The molecule has 0 fully saturated rings. The number of allylic oxidation sites excluding steroid dienone is 1. The lowest BCUT2D eigenvalue weighted by atomic mass is 10.1. The van der Waals surface area contributed by atoms with Gasteiger partial charge < -0.3 is 5.11 Å². The fourth-order valence-corrected chi connectivity index (χ4v) is 0.333. The van der Waals surface area contributed by atoms with Crippen molar-refractivity contribution in [2.75, 3.05) is 6.61 Å². The molecule has 0 unspecified atom stereocenters. The van der Waals surface area contributed by atoms with Crippen molar-refractivity contribution in [3.8, 4) is 0 Å². The highest BCUT2D eigenvalue weighted by atomic mass is 16.2. The molecule has 56 valence electrons. The van der Waals surface area contributed by atoms with Crippen LogP contribution in [0.4, 0.5) is 0 Å². The predicted octanol–water partition coefficient (Wildman–Crippen LogP) is 2.22. The third-order valence-corrected chi connectivity index (χ3v) is 0.638. The molecule has 0 aliphatic carbocycles.